The van der Waals surface area contributed by atoms with Crippen molar-refractivity contribution in [1.82, 2.24) is 9.55 Å². The molecule has 1 saturated carbocycles. The summed E-state index contributed by atoms with van der Waals surface area (Å²) < 4.78 is 35.0. The zero-order valence-corrected chi connectivity index (χ0v) is 12.7. The van der Waals surface area contributed by atoms with E-state index in [1.807, 2.05) is 4.57 Å². The van der Waals surface area contributed by atoms with Crippen molar-refractivity contribution in [2.24, 2.45) is 0 Å². The van der Waals surface area contributed by atoms with E-state index in [0.717, 1.165) is 25.3 Å². The Balaban J connectivity index is 2.25. The molecular weight excluding hydrogens is 298 g/mol. The summed E-state index contributed by atoms with van der Waals surface area (Å²) >= 11 is 6.20. The van der Waals surface area contributed by atoms with Crippen LogP contribution in [0.5, 0.6) is 0 Å². The number of aromatic nitrogens is 2. The van der Waals surface area contributed by atoms with Gasteiger partial charge in [0.1, 0.15) is 17.2 Å². The average molecular weight is 315 g/mol. The van der Waals surface area contributed by atoms with Gasteiger partial charge >= 0.3 is 0 Å². The van der Waals surface area contributed by atoms with Crippen LogP contribution in [0.2, 0.25) is 0 Å². The molecule has 1 fully saturated rings. The second-order valence-electron chi connectivity index (χ2n) is 5.48. The standard InChI is InChI=1S/C15H17ClF2N2O/c1-8(16)15-19-14-10(18)6-9(17)7-12(14)20(15)11-4-3-5-13(11)21-2/h6-8,11,13H,3-5H2,1-2H3. The lowest BCUT2D eigenvalue weighted by atomic mass is 10.2. The van der Waals surface area contributed by atoms with Gasteiger partial charge in [0.25, 0.3) is 0 Å². The molecule has 114 valence electrons. The number of halogens is 3. The van der Waals surface area contributed by atoms with Crippen molar-refractivity contribution in [2.75, 3.05) is 7.11 Å². The van der Waals surface area contributed by atoms with Crippen LogP contribution in [-0.2, 0) is 4.74 Å². The molecule has 3 nitrogen and oxygen atoms in total. The highest BCUT2D eigenvalue weighted by Crippen LogP contribution is 2.38. The third-order valence-electron chi connectivity index (χ3n) is 4.15. The van der Waals surface area contributed by atoms with Crippen molar-refractivity contribution in [3.8, 4) is 0 Å². The Bertz CT molecular complexity index is 671. The highest BCUT2D eigenvalue weighted by molar-refractivity contribution is 6.20. The van der Waals surface area contributed by atoms with Crippen LogP contribution in [0.1, 0.15) is 43.4 Å². The SMILES string of the molecule is COC1CCCC1n1c(C(C)Cl)nc2c(F)cc(F)cc21. The van der Waals surface area contributed by atoms with E-state index in [4.69, 9.17) is 16.3 Å². The number of imidazole rings is 1. The number of nitrogens with zero attached hydrogens (tertiary/aromatic N) is 2. The normalized spacial score (nSPS) is 23.9. The maximum absolute atomic E-state index is 14.0. The largest absolute Gasteiger partial charge is 0.379 e. The zero-order chi connectivity index (χ0) is 15.1. The molecule has 21 heavy (non-hydrogen) atoms. The van der Waals surface area contributed by atoms with Gasteiger partial charge in [0, 0.05) is 13.2 Å². The Morgan fingerprint density at radius 2 is 2.14 bits per heavy atom. The van der Waals surface area contributed by atoms with Gasteiger partial charge in [0.2, 0.25) is 0 Å². The maximum Gasteiger partial charge on any atom is 0.153 e. The summed E-state index contributed by atoms with van der Waals surface area (Å²) in [7, 11) is 1.66. The first-order valence-electron chi connectivity index (χ1n) is 7.06. The second-order valence-corrected chi connectivity index (χ2v) is 6.14. The predicted molar refractivity (Wildman–Crippen MR) is 77.6 cm³/mol. The number of benzene rings is 1. The van der Waals surface area contributed by atoms with Crippen LogP contribution in [-0.4, -0.2) is 22.8 Å². The van der Waals surface area contributed by atoms with Crippen LogP contribution >= 0.6 is 11.6 Å². The van der Waals surface area contributed by atoms with Crippen LogP contribution in [0, 0.1) is 11.6 Å². The van der Waals surface area contributed by atoms with Gasteiger partial charge in [-0.05, 0) is 32.3 Å². The lowest BCUT2D eigenvalue weighted by Gasteiger charge is -2.23. The van der Waals surface area contributed by atoms with Gasteiger partial charge < -0.3 is 9.30 Å². The van der Waals surface area contributed by atoms with E-state index in [1.165, 1.54) is 6.07 Å². The van der Waals surface area contributed by atoms with Crippen LogP contribution in [0.3, 0.4) is 0 Å². The minimum atomic E-state index is -0.658. The number of rotatable bonds is 3. The Labute approximate surface area is 126 Å². The molecule has 1 aliphatic rings. The van der Waals surface area contributed by atoms with E-state index in [0.29, 0.717) is 11.3 Å². The quantitative estimate of drug-likeness (QED) is 0.787. The highest BCUT2D eigenvalue weighted by Gasteiger charge is 2.33. The second kappa shape index (κ2) is 5.54. The van der Waals surface area contributed by atoms with E-state index < -0.39 is 17.0 Å². The van der Waals surface area contributed by atoms with E-state index in [9.17, 15) is 8.78 Å². The Kier molecular flexibility index (Phi) is 3.88. The average Bonchev–Trinajstić information content (AvgIpc) is 3.01. The molecule has 3 unspecified atom stereocenters. The molecular formula is C15H17ClF2N2O. The minimum Gasteiger partial charge on any atom is -0.379 e. The van der Waals surface area contributed by atoms with E-state index in [1.54, 1.807) is 14.0 Å². The molecule has 1 aromatic heterocycles. The lowest BCUT2D eigenvalue weighted by molar-refractivity contribution is 0.0752. The van der Waals surface area contributed by atoms with Gasteiger partial charge in [-0.1, -0.05) is 0 Å². The van der Waals surface area contributed by atoms with E-state index >= 15 is 0 Å². The smallest absolute Gasteiger partial charge is 0.153 e. The van der Waals surface area contributed by atoms with Crippen LogP contribution in [0.15, 0.2) is 12.1 Å². The van der Waals surface area contributed by atoms with Crippen LogP contribution in [0.25, 0.3) is 11.0 Å². The Morgan fingerprint density at radius 1 is 1.38 bits per heavy atom. The fraction of sp³-hybridized carbons (Fsp3) is 0.533. The highest BCUT2D eigenvalue weighted by atomic mass is 35.5. The summed E-state index contributed by atoms with van der Waals surface area (Å²) in [4.78, 5) is 4.30. The summed E-state index contributed by atoms with van der Waals surface area (Å²) in [5.74, 6) is -0.707. The molecule has 1 aromatic carbocycles. The summed E-state index contributed by atoms with van der Waals surface area (Å²) in [5, 5.41) is -0.391. The number of methoxy groups -OCH3 is 1. The molecule has 0 bridgehead atoms. The molecule has 3 rings (SSSR count). The number of fused-ring (bicyclic) bond motifs is 1. The first kappa shape index (κ1) is 14.7. The minimum absolute atomic E-state index is 0.0115. The molecule has 0 N–H and O–H groups in total. The summed E-state index contributed by atoms with van der Waals surface area (Å²) in [6.07, 6.45) is 2.84. The fourth-order valence-electron chi connectivity index (χ4n) is 3.24. The predicted octanol–water partition coefficient (Wildman–Crippen LogP) is 4.35. The summed E-state index contributed by atoms with van der Waals surface area (Å²) in [6, 6.07) is 2.18. The molecule has 1 aliphatic carbocycles. The number of ether oxygens (including phenoxy) is 1. The lowest BCUT2D eigenvalue weighted by Crippen LogP contribution is -2.22. The van der Waals surface area contributed by atoms with Crippen LogP contribution < -0.4 is 0 Å². The first-order chi connectivity index (χ1) is 10.0. The van der Waals surface area contributed by atoms with Crippen molar-refractivity contribution >= 4 is 22.6 Å². The number of hydrogen-bond donors (Lipinski definition) is 0. The molecule has 3 atom stereocenters. The number of hydrogen-bond acceptors (Lipinski definition) is 2. The van der Waals surface area contributed by atoms with Gasteiger partial charge in [-0.15, -0.1) is 11.6 Å². The van der Waals surface area contributed by atoms with Crippen molar-refractivity contribution in [1.29, 1.82) is 0 Å². The van der Waals surface area contributed by atoms with Gasteiger partial charge in [-0.25, -0.2) is 13.8 Å². The molecule has 2 aromatic rings. The summed E-state index contributed by atoms with van der Waals surface area (Å²) in [6.45, 7) is 1.78. The monoisotopic (exact) mass is 314 g/mol. The van der Waals surface area contributed by atoms with Gasteiger partial charge in [0.05, 0.1) is 23.0 Å². The Morgan fingerprint density at radius 3 is 2.81 bits per heavy atom. The van der Waals surface area contributed by atoms with Gasteiger partial charge in [-0.2, -0.15) is 0 Å². The van der Waals surface area contributed by atoms with Crippen molar-refractivity contribution in [2.45, 2.75) is 43.7 Å². The molecule has 0 amide bonds. The van der Waals surface area contributed by atoms with E-state index in [2.05, 4.69) is 4.98 Å². The van der Waals surface area contributed by atoms with E-state index in [-0.39, 0.29) is 17.7 Å². The van der Waals surface area contributed by atoms with Crippen molar-refractivity contribution in [3.63, 3.8) is 0 Å². The summed E-state index contributed by atoms with van der Waals surface area (Å²) in [5.41, 5.74) is 0.615. The molecule has 0 aliphatic heterocycles. The molecule has 0 saturated heterocycles. The van der Waals surface area contributed by atoms with Crippen molar-refractivity contribution < 1.29 is 13.5 Å². The Hall–Kier alpha value is -1.20. The zero-order valence-electron chi connectivity index (χ0n) is 11.9. The molecule has 0 radical (unpaired) electrons. The maximum atomic E-state index is 14.0. The van der Waals surface area contributed by atoms with Crippen LogP contribution in [0.4, 0.5) is 8.78 Å². The van der Waals surface area contributed by atoms with Gasteiger partial charge in [-0.3, -0.25) is 0 Å². The van der Waals surface area contributed by atoms with Gasteiger partial charge in [0.15, 0.2) is 5.82 Å². The molecule has 6 heteroatoms. The number of alkyl halides is 1. The fourth-order valence-corrected chi connectivity index (χ4v) is 3.40. The third-order valence-corrected chi connectivity index (χ3v) is 4.34. The molecule has 0 spiro atoms. The molecule has 1 heterocycles. The third kappa shape index (κ3) is 2.42. The first-order valence-corrected chi connectivity index (χ1v) is 7.50. The topological polar surface area (TPSA) is 27.1 Å². The van der Waals surface area contributed by atoms with Crippen molar-refractivity contribution in [3.05, 3.63) is 29.6 Å².